The first-order valence-electron chi connectivity index (χ1n) is 6.36. The number of amides is 1. The van der Waals surface area contributed by atoms with E-state index in [1.54, 1.807) is 0 Å². The van der Waals surface area contributed by atoms with E-state index in [1.807, 2.05) is 18.9 Å². The van der Waals surface area contributed by atoms with E-state index in [-0.39, 0.29) is 30.5 Å². The topological polar surface area (TPSA) is 50.8 Å². The number of hydrogen-bond donors (Lipinski definition) is 1. The summed E-state index contributed by atoms with van der Waals surface area (Å²) in [6, 6.07) is -0.198. The molecule has 3 atom stereocenters. The van der Waals surface area contributed by atoms with Gasteiger partial charge in [-0.2, -0.15) is 0 Å². The Kier molecular flexibility index (Phi) is 6.35. The molecule has 2 aliphatic rings. The summed E-state index contributed by atoms with van der Waals surface area (Å²) in [5, 5.41) is 3.23. The smallest absolute Gasteiger partial charge is 0.242 e. The van der Waals surface area contributed by atoms with Crippen LogP contribution < -0.4 is 5.32 Å². The Bertz CT molecular complexity index is 272. The van der Waals surface area contributed by atoms with Gasteiger partial charge >= 0.3 is 0 Å². The number of nitrogens with zero attached hydrogens (tertiary/aromatic N) is 1. The summed E-state index contributed by atoms with van der Waals surface area (Å²) in [5.74, 6) is 0.618. The molecule has 2 saturated heterocycles. The first-order valence-corrected chi connectivity index (χ1v) is 6.36. The van der Waals surface area contributed by atoms with Crippen LogP contribution in [0.1, 0.15) is 13.3 Å². The van der Waals surface area contributed by atoms with Crippen LogP contribution in [0, 0.1) is 5.92 Å². The fourth-order valence-electron chi connectivity index (χ4n) is 2.45. The maximum atomic E-state index is 12.2. The van der Waals surface area contributed by atoms with Crippen molar-refractivity contribution in [3.63, 3.8) is 0 Å². The standard InChI is InChI=1S/C12H22N2O3.ClH/c1-9-11(13-4-6-17-9)12(15)14(2)7-10-3-5-16-8-10;/h9-11,13H,3-8H2,1-2H3;1H/t9-,10?,11+;/m1./s1. The monoisotopic (exact) mass is 278 g/mol. The molecule has 1 unspecified atom stereocenters. The lowest BCUT2D eigenvalue weighted by Crippen LogP contribution is -2.56. The molecule has 0 aromatic rings. The number of morpholine rings is 1. The van der Waals surface area contributed by atoms with Crippen LogP contribution >= 0.6 is 12.4 Å². The highest BCUT2D eigenvalue weighted by Crippen LogP contribution is 2.15. The van der Waals surface area contributed by atoms with Gasteiger partial charge in [-0.1, -0.05) is 0 Å². The second-order valence-electron chi connectivity index (χ2n) is 4.96. The summed E-state index contributed by atoms with van der Waals surface area (Å²) >= 11 is 0. The minimum atomic E-state index is -0.198. The van der Waals surface area contributed by atoms with E-state index in [9.17, 15) is 4.79 Å². The normalized spacial score (nSPS) is 31.8. The second kappa shape index (κ2) is 7.28. The molecule has 2 heterocycles. The molecule has 0 saturated carbocycles. The Morgan fingerprint density at radius 1 is 1.44 bits per heavy atom. The van der Waals surface area contributed by atoms with E-state index in [2.05, 4.69) is 5.32 Å². The number of carbonyl (C=O) groups excluding carboxylic acids is 1. The minimum absolute atomic E-state index is 0. The van der Waals surface area contributed by atoms with Crippen molar-refractivity contribution in [3.05, 3.63) is 0 Å². The van der Waals surface area contributed by atoms with Gasteiger partial charge in [0.15, 0.2) is 0 Å². The fourth-order valence-corrected chi connectivity index (χ4v) is 2.45. The van der Waals surface area contributed by atoms with Crippen LogP contribution in [0.4, 0.5) is 0 Å². The molecule has 0 aliphatic carbocycles. The molecule has 0 aromatic carbocycles. The molecule has 2 aliphatic heterocycles. The third-order valence-corrected chi connectivity index (χ3v) is 3.51. The van der Waals surface area contributed by atoms with E-state index in [4.69, 9.17) is 9.47 Å². The number of ether oxygens (including phenoxy) is 2. The molecule has 6 heteroatoms. The average molecular weight is 279 g/mol. The summed E-state index contributed by atoms with van der Waals surface area (Å²) in [6.45, 7) is 5.77. The average Bonchev–Trinajstić information content (AvgIpc) is 2.81. The largest absolute Gasteiger partial charge is 0.381 e. The molecule has 0 radical (unpaired) electrons. The van der Waals surface area contributed by atoms with Gasteiger partial charge in [0.25, 0.3) is 0 Å². The maximum Gasteiger partial charge on any atom is 0.242 e. The zero-order valence-electron chi connectivity index (χ0n) is 11.1. The van der Waals surface area contributed by atoms with Gasteiger partial charge in [-0.05, 0) is 13.3 Å². The highest BCUT2D eigenvalue weighted by molar-refractivity contribution is 5.85. The molecule has 0 bridgehead atoms. The molecular formula is C12H23ClN2O3. The third kappa shape index (κ3) is 3.82. The van der Waals surface area contributed by atoms with Gasteiger partial charge in [-0.15, -0.1) is 12.4 Å². The molecule has 106 valence electrons. The van der Waals surface area contributed by atoms with Crippen molar-refractivity contribution in [2.24, 2.45) is 5.92 Å². The number of carbonyl (C=O) groups is 1. The Balaban J connectivity index is 0.00000162. The van der Waals surface area contributed by atoms with Gasteiger partial charge in [0.2, 0.25) is 5.91 Å². The fraction of sp³-hybridized carbons (Fsp3) is 0.917. The highest BCUT2D eigenvalue weighted by atomic mass is 35.5. The lowest BCUT2D eigenvalue weighted by molar-refractivity contribution is -0.138. The summed E-state index contributed by atoms with van der Waals surface area (Å²) in [4.78, 5) is 14.0. The zero-order chi connectivity index (χ0) is 12.3. The molecule has 2 fully saturated rings. The quantitative estimate of drug-likeness (QED) is 0.806. The van der Waals surface area contributed by atoms with Gasteiger partial charge in [0.1, 0.15) is 6.04 Å². The van der Waals surface area contributed by atoms with E-state index >= 15 is 0 Å². The van der Waals surface area contributed by atoms with Crippen molar-refractivity contribution < 1.29 is 14.3 Å². The van der Waals surface area contributed by atoms with E-state index in [1.165, 1.54) is 0 Å². The summed E-state index contributed by atoms with van der Waals surface area (Å²) < 4.78 is 10.8. The van der Waals surface area contributed by atoms with E-state index in [0.29, 0.717) is 12.5 Å². The first kappa shape index (κ1) is 15.7. The van der Waals surface area contributed by atoms with Crippen molar-refractivity contribution in [2.45, 2.75) is 25.5 Å². The molecular weight excluding hydrogens is 256 g/mol. The van der Waals surface area contributed by atoms with Crippen molar-refractivity contribution >= 4 is 18.3 Å². The van der Waals surface area contributed by atoms with Crippen LogP contribution in [0.2, 0.25) is 0 Å². The van der Waals surface area contributed by atoms with Crippen LogP contribution in [-0.4, -0.2) is 62.9 Å². The predicted molar refractivity (Wildman–Crippen MR) is 71.0 cm³/mol. The Morgan fingerprint density at radius 3 is 2.83 bits per heavy atom. The van der Waals surface area contributed by atoms with Crippen LogP contribution in [-0.2, 0) is 14.3 Å². The Hall–Kier alpha value is -0.360. The molecule has 18 heavy (non-hydrogen) atoms. The zero-order valence-corrected chi connectivity index (χ0v) is 11.9. The van der Waals surface area contributed by atoms with Gasteiger partial charge in [0, 0.05) is 32.7 Å². The maximum absolute atomic E-state index is 12.2. The second-order valence-corrected chi connectivity index (χ2v) is 4.96. The number of halogens is 1. The number of hydrogen-bond acceptors (Lipinski definition) is 4. The lowest BCUT2D eigenvalue weighted by atomic mass is 10.1. The van der Waals surface area contributed by atoms with Crippen molar-refractivity contribution in [2.75, 3.05) is 40.0 Å². The van der Waals surface area contributed by atoms with Crippen LogP contribution in [0.15, 0.2) is 0 Å². The number of likely N-dealkylation sites (N-methyl/N-ethyl adjacent to an activating group) is 1. The molecule has 1 amide bonds. The third-order valence-electron chi connectivity index (χ3n) is 3.51. The van der Waals surface area contributed by atoms with Gasteiger partial charge < -0.3 is 19.7 Å². The van der Waals surface area contributed by atoms with E-state index < -0.39 is 0 Å². The lowest BCUT2D eigenvalue weighted by Gasteiger charge is -2.33. The van der Waals surface area contributed by atoms with Gasteiger partial charge in [-0.25, -0.2) is 0 Å². The van der Waals surface area contributed by atoms with Crippen LogP contribution in [0.3, 0.4) is 0 Å². The van der Waals surface area contributed by atoms with E-state index in [0.717, 1.165) is 32.7 Å². The van der Waals surface area contributed by atoms with Crippen molar-refractivity contribution in [3.8, 4) is 0 Å². The van der Waals surface area contributed by atoms with Gasteiger partial charge in [-0.3, -0.25) is 4.79 Å². The Labute approximate surface area is 115 Å². The van der Waals surface area contributed by atoms with Crippen LogP contribution in [0.25, 0.3) is 0 Å². The minimum Gasteiger partial charge on any atom is -0.381 e. The number of rotatable bonds is 3. The van der Waals surface area contributed by atoms with Crippen molar-refractivity contribution in [1.29, 1.82) is 0 Å². The SMILES string of the molecule is C[C@H]1OCCN[C@@H]1C(=O)N(C)CC1CCOC1.Cl. The summed E-state index contributed by atoms with van der Waals surface area (Å²) in [7, 11) is 1.86. The predicted octanol–water partition coefficient (Wildman–Crippen LogP) is 0.280. The molecule has 1 N–H and O–H groups in total. The first-order chi connectivity index (χ1) is 8.18. The Morgan fingerprint density at radius 2 is 2.22 bits per heavy atom. The molecule has 0 spiro atoms. The number of nitrogens with one attached hydrogen (secondary N) is 1. The highest BCUT2D eigenvalue weighted by Gasteiger charge is 2.31. The molecule has 0 aromatic heterocycles. The summed E-state index contributed by atoms with van der Waals surface area (Å²) in [5.41, 5.74) is 0. The van der Waals surface area contributed by atoms with Gasteiger partial charge in [0.05, 0.1) is 19.3 Å². The van der Waals surface area contributed by atoms with Crippen molar-refractivity contribution in [1.82, 2.24) is 10.2 Å². The molecule has 5 nitrogen and oxygen atoms in total. The van der Waals surface area contributed by atoms with Crippen LogP contribution in [0.5, 0.6) is 0 Å². The molecule has 2 rings (SSSR count). The summed E-state index contributed by atoms with van der Waals surface area (Å²) in [6.07, 6.45) is 1.01.